The minimum absolute atomic E-state index is 0.0468. The van der Waals surface area contributed by atoms with Crippen molar-refractivity contribution in [2.45, 2.75) is 6.10 Å². The molecule has 1 aromatic carbocycles. The number of hydrogen-bond donors (Lipinski definition) is 1. The van der Waals surface area contributed by atoms with E-state index < -0.39 is 29.1 Å². The van der Waals surface area contributed by atoms with Gasteiger partial charge in [0.15, 0.2) is 0 Å². The Balaban J connectivity index is 2.53. The molecule has 1 unspecified atom stereocenters. The highest BCUT2D eigenvalue weighted by molar-refractivity contribution is 5.36. The van der Waals surface area contributed by atoms with Gasteiger partial charge in [-0.3, -0.25) is 4.98 Å². The molecule has 0 amide bonds. The van der Waals surface area contributed by atoms with Gasteiger partial charge in [-0.25, -0.2) is 13.2 Å². The number of methoxy groups -OCH3 is 1. The fourth-order valence-electron chi connectivity index (χ4n) is 1.73. The number of aliphatic hydroxyl groups excluding tert-OH is 1. The Kier molecular flexibility index (Phi) is 3.71. The van der Waals surface area contributed by atoms with E-state index in [1.54, 1.807) is 6.07 Å². The Bertz CT molecular complexity index is 581. The molecular formula is C13H10F3NO2. The summed E-state index contributed by atoms with van der Waals surface area (Å²) in [5.74, 6) is -3.24. The second kappa shape index (κ2) is 5.27. The van der Waals surface area contributed by atoms with Gasteiger partial charge in [0.05, 0.1) is 12.7 Å². The molecule has 2 aromatic rings. The molecule has 3 nitrogen and oxygen atoms in total. The number of rotatable bonds is 3. The molecule has 0 saturated carbocycles. The monoisotopic (exact) mass is 269 g/mol. The normalized spacial score (nSPS) is 12.3. The lowest BCUT2D eigenvalue weighted by Crippen LogP contribution is -2.09. The second-order valence-corrected chi connectivity index (χ2v) is 3.78. The number of hydrogen-bond acceptors (Lipinski definition) is 3. The lowest BCUT2D eigenvalue weighted by Gasteiger charge is -2.15. The molecule has 19 heavy (non-hydrogen) atoms. The van der Waals surface area contributed by atoms with Crippen molar-refractivity contribution in [3.63, 3.8) is 0 Å². The van der Waals surface area contributed by atoms with E-state index in [-0.39, 0.29) is 11.4 Å². The van der Waals surface area contributed by atoms with Gasteiger partial charge >= 0.3 is 0 Å². The van der Waals surface area contributed by atoms with Crippen molar-refractivity contribution in [3.05, 3.63) is 59.2 Å². The van der Waals surface area contributed by atoms with E-state index in [1.165, 1.54) is 19.4 Å². The highest BCUT2D eigenvalue weighted by Crippen LogP contribution is 2.31. The van der Waals surface area contributed by atoms with Gasteiger partial charge in [0.25, 0.3) is 0 Å². The first-order chi connectivity index (χ1) is 9.04. The number of ether oxygens (including phenoxy) is 1. The number of aromatic nitrogens is 1. The molecule has 0 aliphatic rings. The zero-order chi connectivity index (χ0) is 14.0. The maximum atomic E-state index is 13.6. The first-order valence-corrected chi connectivity index (χ1v) is 5.36. The van der Waals surface area contributed by atoms with Crippen LogP contribution in [0.3, 0.4) is 0 Å². The SMILES string of the molecule is COc1cccnc1C(O)c1c(F)cc(F)cc1F. The summed E-state index contributed by atoms with van der Waals surface area (Å²) < 4.78 is 44.9. The quantitative estimate of drug-likeness (QED) is 0.931. The Hall–Kier alpha value is -2.08. The van der Waals surface area contributed by atoms with Crippen molar-refractivity contribution in [2.24, 2.45) is 0 Å². The van der Waals surface area contributed by atoms with Crippen LogP contribution in [0, 0.1) is 17.5 Å². The molecule has 0 spiro atoms. The number of halogens is 3. The molecule has 0 aliphatic heterocycles. The molecular weight excluding hydrogens is 259 g/mol. The van der Waals surface area contributed by atoms with E-state index in [9.17, 15) is 18.3 Å². The molecule has 1 N–H and O–H groups in total. The van der Waals surface area contributed by atoms with Crippen molar-refractivity contribution < 1.29 is 23.0 Å². The Morgan fingerprint density at radius 3 is 2.42 bits per heavy atom. The molecule has 0 aliphatic carbocycles. The highest BCUT2D eigenvalue weighted by Gasteiger charge is 2.24. The fraction of sp³-hybridized carbons (Fsp3) is 0.154. The van der Waals surface area contributed by atoms with Crippen LogP contribution in [-0.2, 0) is 0 Å². The van der Waals surface area contributed by atoms with Crippen LogP contribution in [-0.4, -0.2) is 17.2 Å². The van der Waals surface area contributed by atoms with Gasteiger partial charge in [-0.05, 0) is 12.1 Å². The second-order valence-electron chi connectivity index (χ2n) is 3.78. The van der Waals surface area contributed by atoms with Crippen LogP contribution in [0.25, 0.3) is 0 Å². The topological polar surface area (TPSA) is 42.4 Å². The third kappa shape index (κ3) is 2.53. The maximum absolute atomic E-state index is 13.6. The van der Waals surface area contributed by atoms with Crippen LogP contribution in [0.1, 0.15) is 17.4 Å². The molecule has 6 heteroatoms. The van der Waals surface area contributed by atoms with Gasteiger partial charge in [-0.1, -0.05) is 0 Å². The largest absolute Gasteiger partial charge is 0.495 e. The van der Waals surface area contributed by atoms with Gasteiger partial charge in [-0.2, -0.15) is 0 Å². The van der Waals surface area contributed by atoms with Crippen molar-refractivity contribution in [1.29, 1.82) is 0 Å². The van der Waals surface area contributed by atoms with Crippen LogP contribution >= 0.6 is 0 Å². The van der Waals surface area contributed by atoms with Crippen LogP contribution in [0.5, 0.6) is 5.75 Å². The number of aliphatic hydroxyl groups is 1. The van der Waals surface area contributed by atoms with Gasteiger partial charge in [0.1, 0.15) is 35.0 Å². The molecule has 1 aromatic heterocycles. The molecule has 0 radical (unpaired) electrons. The van der Waals surface area contributed by atoms with Gasteiger partial charge in [0, 0.05) is 18.3 Å². The summed E-state index contributed by atoms with van der Waals surface area (Å²) in [7, 11) is 1.34. The predicted octanol–water partition coefficient (Wildman–Crippen LogP) is 2.59. The summed E-state index contributed by atoms with van der Waals surface area (Å²) in [6, 6.07) is 4.03. The first-order valence-electron chi connectivity index (χ1n) is 5.36. The van der Waals surface area contributed by atoms with E-state index in [2.05, 4.69) is 4.98 Å². The standard InChI is InChI=1S/C13H10F3NO2/c1-19-10-3-2-4-17-12(10)13(18)11-8(15)5-7(14)6-9(11)16/h2-6,13,18H,1H3. The Labute approximate surface area is 107 Å². The molecule has 100 valence electrons. The van der Waals surface area contributed by atoms with Gasteiger partial charge in [0.2, 0.25) is 0 Å². The predicted molar refractivity (Wildman–Crippen MR) is 61.2 cm³/mol. The van der Waals surface area contributed by atoms with E-state index in [1.807, 2.05) is 0 Å². The zero-order valence-electron chi connectivity index (χ0n) is 9.90. The van der Waals surface area contributed by atoms with E-state index >= 15 is 0 Å². The molecule has 0 bridgehead atoms. The molecule has 1 heterocycles. The van der Waals surface area contributed by atoms with E-state index in [0.717, 1.165) is 0 Å². The van der Waals surface area contributed by atoms with Crippen LogP contribution < -0.4 is 4.74 Å². The van der Waals surface area contributed by atoms with Crippen molar-refractivity contribution >= 4 is 0 Å². The van der Waals surface area contributed by atoms with Gasteiger partial charge < -0.3 is 9.84 Å². The van der Waals surface area contributed by atoms with E-state index in [0.29, 0.717) is 12.1 Å². The first kappa shape index (κ1) is 13.4. The van der Waals surface area contributed by atoms with Gasteiger partial charge in [-0.15, -0.1) is 0 Å². The zero-order valence-corrected chi connectivity index (χ0v) is 9.90. The van der Waals surface area contributed by atoms with E-state index in [4.69, 9.17) is 4.74 Å². The molecule has 0 fully saturated rings. The minimum atomic E-state index is -1.68. The summed E-state index contributed by atoms with van der Waals surface area (Å²) in [5.41, 5.74) is -0.715. The highest BCUT2D eigenvalue weighted by atomic mass is 19.1. The Morgan fingerprint density at radius 1 is 1.21 bits per heavy atom. The summed E-state index contributed by atoms with van der Waals surface area (Å²) in [6.07, 6.45) is -0.336. The lowest BCUT2D eigenvalue weighted by atomic mass is 10.0. The third-order valence-electron chi connectivity index (χ3n) is 2.60. The minimum Gasteiger partial charge on any atom is -0.495 e. The summed E-state index contributed by atoms with van der Waals surface area (Å²) in [4.78, 5) is 3.83. The number of nitrogens with zero attached hydrogens (tertiary/aromatic N) is 1. The molecule has 2 rings (SSSR count). The number of pyridine rings is 1. The van der Waals surface area contributed by atoms with Crippen molar-refractivity contribution in [1.82, 2.24) is 4.98 Å². The fourth-order valence-corrected chi connectivity index (χ4v) is 1.73. The molecule has 0 saturated heterocycles. The summed E-state index contributed by atoms with van der Waals surface area (Å²) in [5, 5.41) is 10.0. The van der Waals surface area contributed by atoms with Crippen LogP contribution in [0.15, 0.2) is 30.5 Å². The number of benzene rings is 1. The van der Waals surface area contributed by atoms with Crippen molar-refractivity contribution in [3.8, 4) is 5.75 Å². The molecule has 1 atom stereocenters. The lowest BCUT2D eigenvalue weighted by molar-refractivity contribution is 0.198. The van der Waals surface area contributed by atoms with Crippen molar-refractivity contribution in [2.75, 3.05) is 7.11 Å². The van der Waals surface area contributed by atoms with Crippen LogP contribution in [0.4, 0.5) is 13.2 Å². The smallest absolute Gasteiger partial charge is 0.143 e. The summed E-state index contributed by atoms with van der Waals surface area (Å²) >= 11 is 0. The average molecular weight is 269 g/mol. The maximum Gasteiger partial charge on any atom is 0.143 e. The summed E-state index contributed by atoms with van der Waals surface area (Å²) in [6.45, 7) is 0. The third-order valence-corrected chi connectivity index (χ3v) is 2.60. The Morgan fingerprint density at radius 2 is 1.84 bits per heavy atom. The average Bonchev–Trinajstić information content (AvgIpc) is 2.37. The van der Waals surface area contributed by atoms with Crippen LogP contribution in [0.2, 0.25) is 0 Å².